The molecule has 0 N–H and O–H groups in total. The molecule has 3 heterocycles. The monoisotopic (exact) mass is 645 g/mol. The maximum atomic E-state index is 13.1. The highest BCUT2D eigenvalue weighted by molar-refractivity contribution is 5.40. The third-order valence-corrected chi connectivity index (χ3v) is 8.94. The second-order valence-electron chi connectivity index (χ2n) is 12.5. The van der Waals surface area contributed by atoms with E-state index in [4.69, 9.17) is 14.2 Å². The van der Waals surface area contributed by atoms with Crippen molar-refractivity contribution in [1.82, 2.24) is 9.88 Å². The van der Waals surface area contributed by atoms with Gasteiger partial charge < -0.3 is 19.1 Å². The Bertz CT molecular complexity index is 1440. The first-order valence-electron chi connectivity index (χ1n) is 16.4. The van der Waals surface area contributed by atoms with Gasteiger partial charge in [0.15, 0.2) is 0 Å². The Morgan fingerprint density at radius 2 is 1.19 bits per heavy atom. The molecule has 1 unspecified atom stereocenters. The smallest absolute Gasteiger partial charge is 0.369 e. The highest BCUT2D eigenvalue weighted by Gasteiger charge is 2.40. The molecule has 0 radical (unpaired) electrons. The third kappa shape index (κ3) is 9.41. The molecule has 0 aliphatic carbocycles. The van der Waals surface area contributed by atoms with Gasteiger partial charge in [-0.05, 0) is 47.6 Å². The molecular formula is C38H42F3N3O3. The van der Waals surface area contributed by atoms with Crippen LogP contribution in [-0.4, -0.2) is 60.9 Å². The van der Waals surface area contributed by atoms with E-state index >= 15 is 0 Å². The van der Waals surface area contributed by atoms with Crippen LogP contribution in [0.2, 0.25) is 0 Å². The summed E-state index contributed by atoms with van der Waals surface area (Å²) in [6.45, 7) is 5.08. The molecule has 6 nitrogen and oxygen atoms in total. The lowest BCUT2D eigenvalue weighted by molar-refractivity contribution is -0.185. The summed E-state index contributed by atoms with van der Waals surface area (Å²) in [4.78, 5) is 8.70. The number of hydrogen-bond acceptors (Lipinski definition) is 6. The molecule has 6 rings (SSSR count). The van der Waals surface area contributed by atoms with E-state index in [0.29, 0.717) is 44.6 Å². The van der Waals surface area contributed by atoms with Crippen molar-refractivity contribution in [3.63, 3.8) is 0 Å². The van der Waals surface area contributed by atoms with Crippen LogP contribution in [0.25, 0.3) is 0 Å². The summed E-state index contributed by atoms with van der Waals surface area (Å²) in [5.41, 5.74) is 2.56. The summed E-state index contributed by atoms with van der Waals surface area (Å²) in [5, 5.41) is 0. The maximum absolute atomic E-state index is 13.1. The molecule has 1 aromatic heterocycles. The standard InChI is InChI=1S/C38H42F3N3O3/c39-38(40,41)33-18-19-36(42-21-33)44-20-10-17-32(23-44)22-43-24-34(45-26-29-11-4-1-5-12-29)37(47-28-31-15-8-3-9-16-31)35(25-43)46-27-30-13-6-2-7-14-30/h1-9,11-16,18-19,21,32,34-35,37H,10,17,20,22-28H2/t32-,34-,35+,37?/m0/s1. The average molecular weight is 646 g/mol. The van der Waals surface area contributed by atoms with Crippen LogP contribution in [0, 0.1) is 5.92 Å². The Labute approximate surface area is 275 Å². The van der Waals surface area contributed by atoms with Crippen LogP contribution in [0.15, 0.2) is 109 Å². The van der Waals surface area contributed by atoms with Crippen LogP contribution < -0.4 is 4.90 Å². The van der Waals surface area contributed by atoms with E-state index in [1.54, 1.807) is 0 Å². The zero-order valence-electron chi connectivity index (χ0n) is 26.5. The minimum absolute atomic E-state index is 0.232. The van der Waals surface area contributed by atoms with Crippen molar-refractivity contribution in [1.29, 1.82) is 0 Å². The topological polar surface area (TPSA) is 47.1 Å². The van der Waals surface area contributed by atoms with Crippen molar-refractivity contribution in [3.8, 4) is 0 Å². The highest BCUT2D eigenvalue weighted by atomic mass is 19.4. The number of halogens is 3. The van der Waals surface area contributed by atoms with Crippen molar-refractivity contribution in [2.24, 2.45) is 5.92 Å². The first-order chi connectivity index (χ1) is 22.9. The minimum Gasteiger partial charge on any atom is -0.369 e. The van der Waals surface area contributed by atoms with Crippen molar-refractivity contribution in [3.05, 3.63) is 132 Å². The zero-order valence-corrected chi connectivity index (χ0v) is 26.5. The number of piperidine rings is 2. The lowest BCUT2D eigenvalue weighted by Crippen LogP contribution is -2.59. The zero-order chi connectivity index (χ0) is 32.5. The van der Waals surface area contributed by atoms with Crippen LogP contribution in [-0.2, 0) is 40.2 Å². The van der Waals surface area contributed by atoms with Gasteiger partial charge in [-0.15, -0.1) is 0 Å². The van der Waals surface area contributed by atoms with Gasteiger partial charge in [-0.3, -0.25) is 4.90 Å². The molecule has 0 saturated carbocycles. The highest BCUT2D eigenvalue weighted by Crippen LogP contribution is 2.31. The molecule has 2 saturated heterocycles. The molecule has 0 amide bonds. The second-order valence-corrected chi connectivity index (χ2v) is 12.5. The summed E-state index contributed by atoms with van der Waals surface area (Å²) in [5.74, 6) is 0.906. The van der Waals surface area contributed by atoms with Crippen molar-refractivity contribution in [2.75, 3.05) is 37.6 Å². The number of nitrogens with zero attached hydrogens (tertiary/aromatic N) is 3. The van der Waals surface area contributed by atoms with Gasteiger partial charge >= 0.3 is 6.18 Å². The van der Waals surface area contributed by atoms with Gasteiger partial charge in [-0.25, -0.2) is 4.98 Å². The van der Waals surface area contributed by atoms with E-state index < -0.39 is 11.7 Å². The first kappa shape index (κ1) is 33.2. The van der Waals surface area contributed by atoms with E-state index in [0.717, 1.165) is 61.4 Å². The third-order valence-electron chi connectivity index (χ3n) is 8.94. The summed E-state index contributed by atoms with van der Waals surface area (Å²) in [6.07, 6.45) is -2.22. The van der Waals surface area contributed by atoms with Crippen molar-refractivity contribution >= 4 is 5.82 Å². The molecule has 4 aromatic rings. The second kappa shape index (κ2) is 15.9. The first-order valence-corrected chi connectivity index (χ1v) is 16.4. The van der Waals surface area contributed by atoms with E-state index in [-0.39, 0.29) is 18.3 Å². The maximum Gasteiger partial charge on any atom is 0.417 e. The lowest BCUT2D eigenvalue weighted by Gasteiger charge is -2.45. The number of aromatic nitrogens is 1. The van der Waals surface area contributed by atoms with Gasteiger partial charge in [-0.2, -0.15) is 13.2 Å². The molecular weight excluding hydrogens is 603 g/mol. The van der Waals surface area contributed by atoms with Crippen LogP contribution in [0.4, 0.5) is 19.0 Å². The molecule has 248 valence electrons. The van der Waals surface area contributed by atoms with Crippen LogP contribution in [0.5, 0.6) is 0 Å². The number of alkyl halides is 3. The molecule has 9 heteroatoms. The Balaban J connectivity index is 1.18. The molecule has 2 fully saturated rings. The number of likely N-dealkylation sites (tertiary alicyclic amines) is 1. The molecule has 47 heavy (non-hydrogen) atoms. The summed E-state index contributed by atoms with van der Waals surface area (Å²) in [6, 6.07) is 33.1. The molecule has 3 aromatic carbocycles. The average Bonchev–Trinajstić information content (AvgIpc) is 3.10. The number of hydrogen-bond donors (Lipinski definition) is 0. The van der Waals surface area contributed by atoms with Crippen LogP contribution in [0.1, 0.15) is 35.1 Å². The Morgan fingerprint density at radius 1 is 0.660 bits per heavy atom. The van der Waals surface area contributed by atoms with Crippen molar-refractivity contribution < 1.29 is 27.4 Å². The van der Waals surface area contributed by atoms with Crippen LogP contribution >= 0.6 is 0 Å². The molecule has 0 bridgehead atoms. The SMILES string of the molecule is FC(F)(F)c1ccc(N2CCC[C@@H](CN3C[C@H](OCc4ccccc4)C(OCc4ccccc4)[C@H](OCc4ccccc4)C3)C2)nc1. The fraction of sp³-hybridized carbons (Fsp3) is 0.395. The Morgan fingerprint density at radius 3 is 1.68 bits per heavy atom. The largest absolute Gasteiger partial charge is 0.417 e. The molecule has 0 spiro atoms. The lowest BCUT2D eigenvalue weighted by atomic mass is 9.94. The number of benzene rings is 3. The predicted octanol–water partition coefficient (Wildman–Crippen LogP) is 7.39. The number of rotatable bonds is 12. The number of anilines is 1. The Hall–Kier alpha value is -3.76. The van der Waals surface area contributed by atoms with E-state index in [9.17, 15) is 13.2 Å². The van der Waals surface area contributed by atoms with E-state index in [2.05, 4.69) is 51.2 Å². The van der Waals surface area contributed by atoms with Gasteiger partial charge in [-0.1, -0.05) is 91.0 Å². The Kier molecular flexibility index (Phi) is 11.2. The minimum atomic E-state index is -4.40. The number of ether oxygens (including phenoxy) is 3. The summed E-state index contributed by atoms with van der Waals surface area (Å²) in [7, 11) is 0. The van der Waals surface area contributed by atoms with E-state index in [1.807, 2.05) is 54.6 Å². The van der Waals surface area contributed by atoms with Gasteiger partial charge in [0.2, 0.25) is 0 Å². The molecule has 2 aliphatic heterocycles. The fourth-order valence-electron chi connectivity index (χ4n) is 6.54. The van der Waals surface area contributed by atoms with Gasteiger partial charge in [0.1, 0.15) is 11.9 Å². The summed E-state index contributed by atoms with van der Waals surface area (Å²) >= 11 is 0. The summed E-state index contributed by atoms with van der Waals surface area (Å²) < 4.78 is 59.3. The molecule has 4 atom stereocenters. The van der Waals surface area contributed by atoms with E-state index in [1.165, 1.54) is 6.07 Å². The predicted molar refractivity (Wildman–Crippen MR) is 176 cm³/mol. The molecule has 2 aliphatic rings. The number of pyridine rings is 1. The van der Waals surface area contributed by atoms with Gasteiger partial charge in [0, 0.05) is 38.9 Å². The fourth-order valence-corrected chi connectivity index (χ4v) is 6.54. The van der Waals surface area contributed by atoms with Crippen molar-refractivity contribution in [2.45, 2.75) is 57.2 Å². The quantitative estimate of drug-likeness (QED) is 0.160. The van der Waals surface area contributed by atoms with Gasteiger partial charge in [0.05, 0.1) is 37.6 Å². The normalized spacial score (nSPS) is 22.3. The van der Waals surface area contributed by atoms with Crippen LogP contribution in [0.3, 0.4) is 0 Å². The van der Waals surface area contributed by atoms with Gasteiger partial charge in [0.25, 0.3) is 0 Å².